The van der Waals surface area contributed by atoms with Gasteiger partial charge in [0.15, 0.2) is 0 Å². The van der Waals surface area contributed by atoms with Crippen LogP contribution in [0.25, 0.3) is 0 Å². The Balaban J connectivity index is 1.56. The van der Waals surface area contributed by atoms with Gasteiger partial charge in [0.1, 0.15) is 17.7 Å². The molecule has 280 valence electrons. The van der Waals surface area contributed by atoms with E-state index in [-0.39, 0.29) is 29.6 Å². The zero-order chi connectivity index (χ0) is 38.0. The van der Waals surface area contributed by atoms with Crippen molar-refractivity contribution < 1.29 is 33.8 Å². The monoisotopic (exact) mass is 777 g/mol. The second-order valence-electron chi connectivity index (χ2n) is 15.2. The number of hydrogen-bond donors (Lipinski definition) is 1. The van der Waals surface area contributed by atoms with E-state index in [1.165, 1.54) is 4.90 Å². The van der Waals surface area contributed by atoms with Gasteiger partial charge in [-0.3, -0.25) is 19.2 Å². The minimum atomic E-state index is -1.36. The van der Waals surface area contributed by atoms with E-state index < -0.39 is 71.8 Å². The summed E-state index contributed by atoms with van der Waals surface area (Å²) in [5.41, 5.74) is -0.419. The Morgan fingerprint density at radius 3 is 2.31 bits per heavy atom. The first kappa shape index (κ1) is 39.4. The molecule has 1 unspecified atom stereocenters. The van der Waals surface area contributed by atoms with Crippen LogP contribution in [0.15, 0.2) is 86.0 Å². The lowest BCUT2D eigenvalue weighted by Crippen LogP contribution is -2.62. The summed E-state index contributed by atoms with van der Waals surface area (Å²) >= 11 is 3.76. The topological polar surface area (TPSA) is 117 Å². The van der Waals surface area contributed by atoms with Crippen molar-refractivity contribution >= 4 is 39.6 Å². The molecule has 1 N–H and O–H groups in total. The Kier molecular flexibility index (Phi) is 12.2. The second kappa shape index (κ2) is 16.1. The van der Waals surface area contributed by atoms with Crippen molar-refractivity contribution in [2.24, 2.45) is 11.8 Å². The number of aliphatic hydroxyl groups is 1. The number of allylic oxidation sites excluding steroid dienone is 1. The average Bonchev–Trinajstić information content (AvgIpc) is 3.73. The van der Waals surface area contributed by atoms with E-state index in [0.717, 1.165) is 5.56 Å². The molecule has 0 aromatic heterocycles. The molecule has 3 fully saturated rings. The number of likely N-dealkylation sites (N-methyl/N-ethyl adjacent to an activating group) is 1. The number of nitrogens with zero attached hydrogens (tertiary/aromatic N) is 3. The van der Waals surface area contributed by atoms with Gasteiger partial charge in [0, 0.05) is 30.4 Å². The number of fused-ring (bicyclic) bond motifs is 1. The number of benzene rings is 2. The molecule has 3 aliphatic rings. The maximum absolute atomic E-state index is 15.0. The third-order valence-electron chi connectivity index (χ3n) is 10.9. The number of alkyl halides is 1. The maximum atomic E-state index is 15.0. The number of rotatable bonds is 15. The number of carbonyl (C=O) groups is 4. The Morgan fingerprint density at radius 2 is 1.73 bits per heavy atom. The third kappa shape index (κ3) is 7.37. The van der Waals surface area contributed by atoms with E-state index in [1.54, 1.807) is 29.0 Å². The van der Waals surface area contributed by atoms with Gasteiger partial charge in [-0.25, -0.2) is 0 Å². The van der Waals surface area contributed by atoms with Gasteiger partial charge < -0.3 is 29.3 Å². The first-order valence-corrected chi connectivity index (χ1v) is 19.0. The van der Waals surface area contributed by atoms with E-state index in [0.29, 0.717) is 24.8 Å². The molecular weight excluding hydrogens is 726 g/mol. The summed E-state index contributed by atoms with van der Waals surface area (Å²) in [4.78, 5) is 62.0. The molecule has 10 nitrogen and oxygen atoms in total. The van der Waals surface area contributed by atoms with Crippen LogP contribution in [0.4, 0.5) is 0 Å². The Bertz CT molecular complexity index is 1630. The largest absolute Gasteiger partial charge is 0.455 e. The van der Waals surface area contributed by atoms with Crippen molar-refractivity contribution in [2.75, 3.05) is 20.2 Å². The molecule has 2 aromatic carbocycles. The van der Waals surface area contributed by atoms with E-state index in [2.05, 4.69) is 29.1 Å². The molecule has 3 heterocycles. The number of esters is 1. The third-order valence-corrected chi connectivity index (χ3v) is 11.8. The van der Waals surface area contributed by atoms with Gasteiger partial charge in [-0.15, -0.1) is 13.2 Å². The highest BCUT2D eigenvalue weighted by molar-refractivity contribution is 9.09. The highest BCUT2D eigenvalue weighted by Crippen LogP contribution is 2.61. The Hall–Kier alpha value is -3.80. The number of carbonyl (C=O) groups excluding carboxylic acids is 4. The van der Waals surface area contributed by atoms with Crippen LogP contribution in [-0.4, -0.2) is 104 Å². The average molecular weight is 779 g/mol. The van der Waals surface area contributed by atoms with Crippen LogP contribution in [0.5, 0.6) is 0 Å². The standard InChI is InChI=1S/C41H52BrN3O7/c1-8-10-21-31(47)43(7)26(3)34(28-19-15-12-16-20-28)51-39(50)32-33-37(48)45(29(25-46)23-27-17-13-11-14-18-27)36(41(33)24-30(42)35(32)52-41)38(49)44(22-9-2)40(4,5)6/h8-9,11-20,26,29-30,32-36,46H,1-2,10,21-25H2,3-7H3/t26-,29-,30?,32-,33+,34+,35-,36-,41+/m1/s1. The molecule has 5 rings (SSSR count). The molecule has 0 aliphatic carbocycles. The number of amides is 3. The summed E-state index contributed by atoms with van der Waals surface area (Å²) < 4.78 is 13.2. The van der Waals surface area contributed by atoms with Crippen LogP contribution < -0.4 is 0 Å². The van der Waals surface area contributed by atoms with Gasteiger partial charge in [-0.1, -0.05) is 88.7 Å². The van der Waals surface area contributed by atoms with Crippen molar-refractivity contribution in [1.29, 1.82) is 0 Å². The molecule has 2 bridgehead atoms. The normalized spacial score (nSPS) is 26.6. The van der Waals surface area contributed by atoms with Crippen molar-refractivity contribution in [2.45, 2.75) is 99.7 Å². The van der Waals surface area contributed by atoms with Crippen LogP contribution in [-0.2, 0) is 35.1 Å². The first-order chi connectivity index (χ1) is 24.7. The van der Waals surface area contributed by atoms with Crippen molar-refractivity contribution in [3.63, 3.8) is 0 Å². The molecule has 52 heavy (non-hydrogen) atoms. The van der Waals surface area contributed by atoms with Crippen LogP contribution in [0.1, 0.15) is 64.2 Å². The van der Waals surface area contributed by atoms with Gasteiger partial charge >= 0.3 is 5.97 Å². The number of hydrogen-bond acceptors (Lipinski definition) is 7. The van der Waals surface area contributed by atoms with E-state index >= 15 is 0 Å². The SMILES string of the molecule is C=CCCC(=O)N(C)[C@H](C)[C@H](OC(=O)[C@H]1[C@@H]2O[C@@]3(CC2Br)[C@@H]1C(=O)N([C@@H](CO)Cc1ccccc1)[C@@H]3C(=O)N(CC=C)C(C)(C)C)c1ccccc1. The summed E-state index contributed by atoms with van der Waals surface area (Å²) in [7, 11) is 1.69. The van der Waals surface area contributed by atoms with Crippen molar-refractivity contribution in [3.05, 3.63) is 97.1 Å². The van der Waals surface area contributed by atoms with Crippen LogP contribution in [0, 0.1) is 11.8 Å². The minimum Gasteiger partial charge on any atom is -0.455 e. The van der Waals surface area contributed by atoms with Gasteiger partial charge in [-0.05, 0) is 58.1 Å². The molecular formula is C41H52BrN3O7. The Morgan fingerprint density at radius 1 is 1.10 bits per heavy atom. The quantitative estimate of drug-likeness (QED) is 0.149. The molecule has 2 aromatic rings. The molecule has 3 saturated heterocycles. The van der Waals surface area contributed by atoms with Gasteiger partial charge in [0.2, 0.25) is 17.7 Å². The minimum absolute atomic E-state index is 0.119. The summed E-state index contributed by atoms with van der Waals surface area (Å²) in [6.45, 7) is 15.0. The van der Waals surface area contributed by atoms with Crippen molar-refractivity contribution in [1.82, 2.24) is 14.7 Å². The number of halogens is 1. The Labute approximate surface area is 315 Å². The zero-order valence-electron chi connectivity index (χ0n) is 30.8. The molecule has 9 atom stereocenters. The smallest absolute Gasteiger partial charge is 0.313 e. The van der Waals surface area contributed by atoms with E-state index in [4.69, 9.17) is 9.47 Å². The zero-order valence-corrected chi connectivity index (χ0v) is 32.4. The molecule has 3 amide bonds. The maximum Gasteiger partial charge on any atom is 0.313 e. The summed E-state index contributed by atoms with van der Waals surface area (Å²) in [5, 5.41) is 10.9. The second-order valence-corrected chi connectivity index (χ2v) is 16.4. The van der Waals surface area contributed by atoms with Gasteiger partial charge in [0.25, 0.3) is 0 Å². The molecule has 11 heteroatoms. The van der Waals surface area contributed by atoms with E-state index in [9.17, 15) is 24.3 Å². The number of likely N-dealkylation sites (tertiary alicyclic amines) is 1. The first-order valence-electron chi connectivity index (χ1n) is 18.0. The van der Waals surface area contributed by atoms with Crippen LogP contribution in [0.2, 0.25) is 0 Å². The fraction of sp³-hybridized carbons (Fsp3) is 0.512. The highest BCUT2D eigenvalue weighted by atomic mass is 79.9. The predicted octanol–water partition coefficient (Wildman–Crippen LogP) is 5.25. The van der Waals surface area contributed by atoms with Crippen LogP contribution in [0.3, 0.4) is 0 Å². The predicted molar refractivity (Wildman–Crippen MR) is 202 cm³/mol. The lowest BCUT2D eigenvalue weighted by atomic mass is 9.70. The molecule has 0 radical (unpaired) electrons. The van der Waals surface area contributed by atoms with Crippen molar-refractivity contribution in [3.8, 4) is 0 Å². The number of aliphatic hydroxyl groups excluding tert-OH is 1. The summed E-state index contributed by atoms with van der Waals surface area (Å²) in [6, 6.07) is 16.3. The van der Waals surface area contributed by atoms with E-state index in [1.807, 2.05) is 88.4 Å². The number of ether oxygens (including phenoxy) is 2. The highest BCUT2D eigenvalue weighted by Gasteiger charge is 2.78. The lowest BCUT2D eigenvalue weighted by molar-refractivity contribution is -0.165. The summed E-state index contributed by atoms with van der Waals surface area (Å²) in [6.07, 6.45) is 3.11. The molecule has 1 spiro atoms. The van der Waals surface area contributed by atoms with Crippen LogP contribution >= 0.6 is 15.9 Å². The van der Waals surface area contributed by atoms with Gasteiger partial charge in [0.05, 0.1) is 36.6 Å². The van der Waals surface area contributed by atoms with Gasteiger partial charge in [-0.2, -0.15) is 0 Å². The molecule has 0 saturated carbocycles. The molecule has 3 aliphatic heterocycles. The fourth-order valence-corrected chi connectivity index (χ4v) is 9.18. The fourth-order valence-electron chi connectivity index (χ4n) is 8.24. The summed E-state index contributed by atoms with van der Waals surface area (Å²) in [5.74, 6) is -3.61. The lowest BCUT2D eigenvalue weighted by Gasteiger charge is -2.43.